The van der Waals surface area contributed by atoms with E-state index >= 15 is 0 Å². The van der Waals surface area contributed by atoms with Crippen molar-refractivity contribution in [3.05, 3.63) is 22.7 Å². The van der Waals surface area contributed by atoms with Crippen LogP contribution in [0.2, 0.25) is 5.02 Å². The van der Waals surface area contributed by atoms with Crippen LogP contribution in [0.3, 0.4) is 0 Å². The van der Waals surface area contributed by atoms with Gasteiger partial charge in [0.25, 0.3) is 0 Å². The molecule has 0 amide bonds. The van der Waals surface area contributed by atoms with E-state index in [2.05, 4.69) is 10.6 Å². The number of hydrogen-bond acceptors (Lipinski definition) is 3. The molecule has 0 aromatic heterocycles. The molecule has 104 valence electrons. The molecule has 1 aromatic carbocycles. The van der Waals surface area contributed by atoms with E-state index in [9.17, 15) is 8.42 Å². The Morgan fingerprint density at radius 2 is 2.11 bits per heavy atom. The minimum atomic E-state index is -3.56. The maximum atomic E-state index is 12.1. The van der Waals surface area contributed by atoms with Crippen molar-refractivity contribution < 1.29 is 8.42 Å². The maximum absolute atomic E-state index is 12.1. The summed E-state index contributed by atoms with van der Waals surface area (Å²) in [5.74, 6) is 2.51. The van der Waals surface area contributed by atoms with Crippen molar-refractivity contribution in [2.24, 2.45) is 0 Å². The topological polar surface area (TPSA) is 72.2 Å². The first-order valence-corrected chi connectivity index (χ1v) is 7.73. The van der Waals surface area contributed by atoms with Crippen molar-refractivity contribution in [3.63, 3.8) is 0 Å². The van der Waals surface area contributed by atoms with Crippen molar-refractivity contribution in [2.45, 2.75) is 31.1 Å². The first-order valence-electron chi connectivity index (χ1n) is 5.87. The molecule has 0 unspecified atom stereocenters. The van der Waals surface area contributed by atoms with Crippen molar-refractivity contribution in [2.75, 3.05) is 12.3 Å². The third-order valence-corrected chi connectivity index (χ3v) is 4.55. The van der Waals surface area contributed by atoms with Gasteiger partial charge < -0.3 is 5.73 Å². The molecular weight excluding hydrogens is 284 g/mol. The molecule has 0 radical (unpaired) electrons. The highest BCUT2D eigenvalue weighted by atomic mass is 35.5. The lowest BCUT2D eigenvalue weighted by molar-refractivity contribution is 0.577. The third kappa shape index (κ3) is 4.43. The number of nitrogens with two attached hydrogens (primary N) is 1. The first kappa shape index (κ1) is 15.8. The largest absolute Gasteiger partial charge is 0.397 e. The lowest BCUT2D eigenvalue weighted by atomic mass is 10.2. The van der Waals surface area contributed by atoms with Gasteiger partial charge in [-0.15, -0.1) is 12.3 Å². The summed E-state index contributed by atoms with van der Waals surface area (Å²) in [6.45, 7) is 2.03. The van der Waals surface area contributed by atoms with Crippen LogP contribution < -0.4 is 10.5 Å². The quantitative estimate of drug-likeness (QED) is 0.481. The van der Waals surface area contributed by atoms with E-state index in [0.717, 1.165) is 6.42 Å². The van der Waals surface area contributed by atoms with E-state index in [-0.39, 0.29) is 10.6 Å². The van der Waals surface area contributed by atoms with Gasteiger partial charge in [0.1, 0.15) is 0 Å². The van der Waals surface area contributed by atoms with Crippen molar-refractivity contribution in [1.29, 1.82) is 0 Å². The number of hydrogen-bond donors (Lipinski definition) is 2. The van der Waals surface area contributed by atoms with Crippen molar-refractivity contribution in [1.82, 2.24) is 4.72 Å². The Bertz CT molecular complexity index is 591. The van der Waals surface area contributed by atoms with Crippen LogP contribution in [-0.2, 0) is 10.0 Å². The highest BCUT2D eigenvalue weighted by molar-refractivity contribution is 7.89. The molecule has 6 heteroatoms. The number of nitrogen functional groups attached to an aromatic ring is 1. The minimum Gasteiger partial charge on any atom is -0.397 e. The molecule has 0 aliphatic heterocycles. The van der Waals surface area contributed by atoms with Crippen LogP contribution in [0.25, 0.3) is 0 Å². The second-order valence-corrected chi connectivity index (χ2v) is 6.34. The predicted octanol–water partition coefficient (Wildman–Crippen LogP) is 2.31. The van der Waals surface area contributed by atoms with Gasteiger partial charge in [0.05, 0.1) is 15.6 Å². The van der Waals surface area contributed by atoms with Crippen LogP contribution >= 0.6 is 11.6 Å². The molecule has 3 N–H and O–H groups in total. The van der Waals surface area contributed by atoms with Gasteiger partial charge in [-0.1, -0.05) is 11.6 Å². The Hall–Kier alpha value is -1.22. The Morgan fingerprint density at radius 3 is 2.74 bits per heavy atom. The molecule has 1 aromatic rings. The summed E-state index contributed by atoms with van der Waals surface area (Å²) in [7, 11) is -3.56. The van der Waals surface area contributed by atoms with E-state index in [1.807, 2.05) is 0 Å². The highest BCUT2D eigenvalue weighted by Crippen LogP contribution is 2.26. The molecule has 1 rings (SSSR count). The van der Waals surface area contributed by atoms with Crippen LogP contribution in [0.1, 0.15) is 24.8 Å². The number of sulfonamides is 1. The summed E-state index contributed by atoms with van der Waals surface area (Å²) in [6, 6.07) is 2.92. The molecule has 4 nitrogen and oxygen atoms in total. The molecule has 0 fully saturated rings. The van der Waals surface area contributed by atoms with E-state index in [1.165, 1.54) is 6.07 Å². The number of terminal acetylenes is 1. The average molecular weight is 301 g/mol. The number of nitrogens with one attached hydrogen (secondary N) is 1. The van der Waals surface area contributed by atoms with Gasteiger partial charge in [-0.3, -0.25) is 0 Å². The van der Waals surface area contributed by atoms with Crippen molar-refractivity contribution in [3.8, 4) is 12.3 Å². The zero-order valence-corrected chi connectivity index (χ0v) is 12.3. The number of halogens is 1. The highest BCUT2D eigenvalue weighted by Gasteiger charge is 2.17. The van der Waals surface area contributed by atoms with Crippen LogP contribution in [0, 0.1) is 19.3 Å². The number of anilines is 1. The molecular formula is C13H17ClN2O2S. The minimum absolute atomic E-state index is 0.159. The molecule has 0 saturated heterocycles. The van der Waals surface area contributed by atoms with Gasteiger partial charge in [-0.2, -0.15) is 0 Å². The summed E-state index contributed by atoms with van der Waals surface area (Å²) >= 11 is 5.84. The normalized spacial score (nSPS) is 11.2. The Balaban J connectivity index is 2.78. The number of aryl methyl sites for hydroxylation is 1. The van der Waals surface area contributed by atoms with E-state index < -0.39 is 10.0 Å². The van der Waals surface area contributed by atoms with Gasteiger partial charge in [-0.05, 0) is 37.5 Å². The fourth-order valence-corrected chi connectivity index (χ4v) is 3.15. The van der Waals surface area contributed by atoms with Crippen LogP contribution in [0.15, 0.2) is 17.0 Å². The lowest BCUT2D eigenvalue weighted by Gasteiger charge is -2.10. The van der Waals surface area contributed by atoms with Crippen LogP contribution in [0.4, 0.5) is 5.69 Å². The lowest BCUT2D eigenvalue weighted by Crippen LogP contribution is -2.25. The SMILES string of the molecule is C#CCCCCNS(=O)(=O)c1cc(N)c(Cl)cc1C. The molecule has 0 spiro atoms. The number of benzene rings is 1. The summed E-state index contributed by atoms with van der Waals surface area (Å²) in [5.41, 5.74) is 6.45. The first-order chi connectivity index (χ1) is 8.88. The smallest absolute Gasteiger partial charge is 0.240 e. The average Bonchev–Trinajstić information content (AvgIpc) is 2.33. The fraction of sp³-hybridized carbons (Fsp3) is 0.385. The summed E-state index contributed by atoms with van der Waals surface area (Å²) in [4.78, 5) is 0.159. The Labute approximate surface area is 119 Å². The van der Waals surface area contributed by atoms with Gasteiger partial charge >= 0.3 is 0 Å². The number of unbranched alkanes of at least 4 members (excludes halogenated alkanes) is 2. The molecule has 0 atom stereocenters. The maximum Gasteiger partial charge on any atom is 0.240 e. The Kier molecular flexibility index (Phi) is 5.67. The van der Waals surface area contributed by atoms with Crippen LogP contribution in [0.5, 0.6) is 0 Å². The van der Waals surface area contributed by atoms with E-state index in [1.54, 1.807) is 13.0 Å². The summed E-state index contributed by atoms with van der Waals surface area (Å²) in [6.07, 6.45) is 7.26. The van der Waals surface area contributed by atoms with Gasteiger partial charge in [0.2, 0.25) is 10.0 Å². The molecule has 0 aliphatic rings. The fourth-order valence-electron chi connectivity index (χ4n) is 1.59. The van der Waals surface area contributed by atoms with Gasteiger partial charge in [0, 0.05) is 13.0 Å². The molecule has 0 aliphatic carbocycles. The zero-order chi connectivity index (χ0) is 14.5. The zero-order valence-electron chi connectivity index (χ0n) is 10.7. The predicted molar refractivity (Wildman–Crippen MR) is 78.5 cm³/mol. The Morgan fingerprint density at radius 1 is 1.42 bits per heavy atom. The molecule has 0 heterocycles. The third-order valence-electron chi connectivity index (χ3n) is 2.62. The standard InChI is InChI=1S/C13H17ClN2O2S/c1-3-4-5-6-7-16-19(17,18)13-9-12(15)11(14)8-10(13)2/h1,8-9,16H,4-7,15H2,2H3. The van der Waals surface area contributed by atoms with Gasteiger partial charge in [0.15, 0.2) is 0 Å². The van der Waals surface area contributed by atoms with Crippen molar-refractivity contribution >= 4 is 27.3 Å². The molecule has 19 heavy (non-hydrogen) atoms. The number of rotatable bonds is 6. The molecule has 0 bridgehead atoms. The van der Waals surface area contributed by atoms with E-state index in [4.69, 9.17) is 23.8 Å². The molecule has 0 saturated carbocycles. The van der Waals surface area contributed by atoms with Crippen LogP contribution in [-0.4, -0.2) is 15.0 Å². The van der Waals surface area contributed by atoms with Gasteiger partial charge in [-0.25, -0.2) is 13.1 Å². The second-order valence-electron chi connectivity index (χ2n) is 4.20. The second kappa shape index (κ2) is 6.80. The summed E-state index contributed by atoms with van der Waals surface area (Å²) < 4.78 is 26.7. The van der Waals surface area contributed by atoms with E-state index in [0.29, 0.717) is 30.0 Å². The summed E-state index contributed by atoms with van der Waals surface area (Å²) in [5, 5.41) is 0.352. The monoisotopic (exact) mass is 300 g/mol.